The fraction of sp³-hybridized carbons (Fsp3) is 0.515. The van der Waals surface area contributed by atoms with Crippen LogP contribution in [0.15, 0.2) is 48.7 Å². The lowest BCUT2D eigenvalue weighted by Crippen LogP contribution is -2.52. The number of sulfonamides is 1. The average molecular weight is 639 g/mol. The Labute approximate surface area is 266 Å². The van der Waals surface area contributed by atoms with Crippen molar-refractivity contribution in [3.8, 4) is 5.75 Å². The van der Waals surface area contributed by atoms with Gasteiger partial charge in [-0.15, -0.1) is 0 Å². The summed E-state index contributed by atoms with van der Waals surface area (Å²) in [5, 5.41) is 0.170. The molecule has 3 aliphatic rings. The van der Waals surface area contributed by atoms with E-state index in [-0.39, 0.29) is 5.25 Å². The number of para-hydroxylation sites is 1. The molecule has 0 amide bonds. The normalized spacial score (nSPS) is 18.9. The lowest BCUT2D eigenvalue weighted by atomic mass is 10.0. The molecule has 2 aliphatic heterocycles. The van der Waals surface area contributed by atoms with Crippen molar-refractivity contribution in [3.63, 3.8) is 0 Å². The molecule has 2 saturated heterocycles. The Bertz CT molecular complexity index is 1570. The van der Waals surface area contributed by atoms with E-state index in [2.05, 4.69) is 44.9 Å². The number of methoxy groups -OCH3 is 1. The van der Waals surface area contributed by atoms with Gasteiger partial charge in [-0.1, -0.05) is 35.9 Å². The Balaban J connectivity index is 1.14. The predicted molar refractivity (Wildman–Crippen MR) is 177 cm³/mol. The molecule has 0 bridgehead atoms. The highest BCUT2D eigenvalue weighted by Crippen LogP contribution is 2.35. The molecule has 1 saturated carbocycles. The zero-order chi connectivity index (χ0) is 30.8. The van der Waals surface area contributed by atoms with Gasteiger partial charge in [-0.2, -0.15) is 0 Å². The average Bonchev–Trinajstić information content (AvgIpc) is 3.90. The number of hydrogen-bond acceptors (Lipinski definition) is 8. The molecule has 6 rings (SSSR count). The molecular weight excluding hydrogens is 596 g/mol. The third-order valence-electron chi connectivity index (χ3n) is 9.39. The maximum atomic E-state index is 13.0. The second-order valence-corrected chi connectivity index (χ2v) is 15.0. The quantitative estimate of drug-likeness (QED) is 0.322. The number of likely N-dealkylation sites (N-methyl/N-ethyl adjacent to an activating group) is 1. The molecule has 0 atom stereocenters. The van der Waals surface area contributed by atoms with Crippen LogP contribution in [0.1, 0.15) is 48.3 Å². The van der Waals surface area contributed by atoms with Gasteiger partial charge in [-0.3, -0.25) is 9.21 Å². The van der Waals surface area contributed by atoms with Crippen LogP contribution < -0.4 is 13.9 Å². The molecule has 2 aromatic carbocycles. The highest BCUT2D eigenvalue weighted by molar-refractivity contribution is 7.93. The van der Waals surface area contributed by atoms with Gasteiger partial charge in [0.15, 0.2) is 0 Å². The standard InChI is InChI=1S/C33H43ClN6O3S/c1-37-16-18-40(19-17-37)26-12-14-39(15-13-26)27-9-8-25(32(22-27)43-3)21-33-35-23-29(34)30(36-33)20-24-6-4-5-7-31(24)38(2)44(41,42)28-10-11-28/h4-9,22-23,26,28H,10-21H2,1-3H3. The van der Waals surface area contributed by atoms with Gasteiger partial charge in [0.2, 0.25) is 10.0 Å². The van der Waals surface area contributed by atoms with Gasteiger partial charge in [0, 0.05) is 88.7 Å². The summed E-state index contributed by atoms with van der Waals surface area (Å²) in [4.78, 5) is 16.9. The van der Waals surface area contributed by atoms with Crippen molar-refractivity contribution in [1.29, 1.82) is 0 Å². The fourth-order valence-corrected chi connectivity index (χ4v) is 8.24. The van der Waals surface area contributed by atoms with Crippen molar-refractivity contribution in [3.05, 3.63) is 76.3 Å². The molecule has 44 heavy (non-hydrogen) atoms. The summed E-state index contributed by atoms with van der Waals surface area (Å²) in [6, 6.07) is 14.6. The molecule has 3 aromatic rings. The maximum absolute atomic E-state index is 13.0. The van der Waals surface area contributed by atoms with E-state index in [0.29, 0.717) is 41.1 Å². The molecule has 1 aromatic heterocycles. The Morgan fingerprint density at radius 3 is 2.39 bits per heavy atom. The molecule has 0 N–H and O–H groups in total. The second-order valence-electron chi connectivity index (χ2n) is 12.3. The van der Waals surface area contributed by atoms with E-state index >= 15 is 0 Å². The van der Waals surface area contributed by atoms with Gasteiger partial charge in [-0.05, 0) is 50.4 Å². The minimum atomic E-state index is -3.38. The number of nitrogens with zero attached hydrogens (tertiary/aromatic N) is 6. The molecule has 0 spiro atoms. The van der Waals surface area contributed by atoms with E-state index in [4.69, 9.17) is 21.3 Å². The zero-order valence-electron chi connectivity index (χ0n) is 26.0. The number of piperazine rings is 1. The Hall–Kier alpha value is -2.92. The van der Waals surface area contributed by atoms with Gasteiger partial charge in [-0.25, -0.2) is 18.4 Å². The van der Waals surface area contributed by atoms with Crippen LogP contribution in [-0.4, -0.2) is 100.0 Å². The first kappa shape index (κ1) is 31.1. The maximum Gasteiger partial charge on any atom is 0.237 e. The summed E-state index contributed by atoms with van der Waals surface area (Å²) in [5.41, 5.74) is 4.36. The highest BCUT2D eigenvalue weighted by Gasteiger charge is 2.39. The topological polar surface area (TPSA) is 82.1 Å². The molecule has 9 nitrogen and oxygen atoms in total. The molecule has 0 radical (unpaired) electrons. The number of benzene rings is 2. The third-order valence-corrected chi connectivity index (χ3v) is 12.0. The SMILES string of the molecule is COc1cc(N2CCC(N3CCN(C)CC3)CC2)ccc1Cc1ncc(Cl)c(Cc2ccccc2N(C)S(=O)(=O)C2CC2)n1. The van der Waals surface area contributed by atoms with Crippen LogP contribution in [0.25, 0.3) is 0 Å². The number of ether oxygens (including phenoxy) is 1. The lowest BCUT2D eigenvalue weighted by Gasteiger charge is -2.42. The van der Waals surface area contributed by atoms with Crippen LogP contribution in [0.3, 0.4) is 0 Å². The number of hydrogen-bond donors (Lipinski definition) is 0. The van der Waals surface area contributed by atoms with Crippen LogP contribution >= 0.6 is 11.6 Å². The van der Waals surface area contributed by atoms with Crippen LogP contribution in [-0.2, 0) is 22.9 Å². The Morgan fingerprint density at radius 2 is 1.68 bits per heavy atom. The first-order valence-corrected chi connectivity index (χ1v) is 17.5. The monoisotopic (exact) mass is 638 g/mol. The van der Waals surface area contributed by atoms with E-state index in [0.717, 1.165) is 55.9 Å². The summed E-state index contributed by atoms with van der Waals surface area (Å²) >= 11 is 6.57. The molecular formula is C33H43ClN6O3S. The third kappa shape index (κ3) is 6.83. The van der Waals surface area contributed by atoms with Crippen LogP contribution in [0, 0.1) is 0 Å². The fourth-order valence-electron chi connectivity index (χ4n) is 6.45. The van der Waals surface area contributed by atoms with E-state index < -0.39 is 10.0 Å². The molecule has 3 fully saturated rings. The molecule has 0 unspecified atom stereocenters. The molecule has 236 valence electrons. The number of anilines is 2. The van der Waals surface area contributed by atoms with Crippen molar-refractivity contribution < 1.29 is 13.2 Å². The van der Waals surface area contributed by atoms with Crippen molar-refractivity contribution in [1.82, 2.24) is 19.8 Å². The largest absolute Gasteiger partial charge is 0.496 e. The van der Waals surface area contributed by atoms with Crippen LogP contribution in [0.4, 0.5) is 11.4 Å². The van der Waals surface area contributed by atoms with E-state index in [1.54, 1.807) is 20.4 Å². The predicted octanol–water partition coefficient (Wildman–Crippen LogP) is 4.46. The summed E-state index contributed by atoms with van der Waals surface area (Å²) < 4.78 is 33.2. The van der Waals surface area contributed by atoms with E-state index in [9.17, 15) is 8.42 Å². The number of halogens is 1. The number of aromatic nitrogens is 2. The molecule has 11 heteroatoms. The summed E-state index contributed by atoms with van der Waals surface area (Å²) in [6.45, 7) is 6.75. The van der Waals surface area contributed by atoms with Crippen LogP contribution in [0.5, 0.6) is 5.75 Å². The van der Waals surface area contributed by atoms with Gasteiger partial charge in [0.1, 0.15) is 11.6 Å². The highest BCUT2D eigenvalue weighted by atomic mass is 35.5. The van der Waals surface area contributed by atoms with Gasteiger partial charge in [0.05, 0.1) is 28.8 Å². The molecule has 1 aliphatic carbocycles. The van der Waals surface area contributed by atoms with E-state index in [1.165, 1.54) is 35.9 Å². The van der Waals surface area contributed by atoms with E-state index in [1.807, 2.05) is 24.3 Å². The van der Waals surface area contributed by atoms with Crippen molar-refractivity contribution in [2.75, 3.05) is 69.7 Å². The van der Waals surface area contributed by atoms with Gasteiger partial charge in [0.25, 0.3) is 0 Å². The minimum absolute atomic E-state index is 0.287. The first-order chi connectivity index (χ1) is 21.2. The van der Waals surface area contributed by atoms with Crippen molar-refractivity contribution >= 4 is 33.0 Å². The van der Waals surface area contributed by atoms with Crippen LogP contribution in [0.2, 0.25) is 5.02 Å². The minimum Gasteiger partial charge on any atom is -0.496 e. The second kappa shape index (κ2) is 13.2. The Kier molecular flexibility index (Phi) is 9.33. The summed E-state index contributed by atoms with van der Waals surface area (Å²) in [6.07, 6.45) is 6.33. The van der Waals surface area contributed by atoms with Gasteiger partial charge >= 0.3 is 0 Å². The first-order valence-electron chi connectivity index (χ1n) is 15.6. The van der Waals surface area contributed by atoms with Gasteiger partial charge < -0.3 is 14.5 Å². The van der Waals surface area contributed by atoms with Crippen molar-refractivity contribution in [2.24, 2.45) is 0 Å². The summed E-state index contributed by atoms with van der Waals surface area (Å²) in [7, 11) is 2.17. The summed E-state index contributed by atoms with van der Waals surface area (Å²) in [5.74, 6) is 1.46. The number of piperidine rings is 1. The number of rotatable bonds is 10. The zero-order valence-corrected chi connectivity index (χ0v) is 27.5. The Morgan fingerprint density at radius 1 is 0.955 bits per heavy atom. The smallest absolute Gasteiger partial charge is 0.237 e. The van der Waals surface area contributed by atoms with Crippen molar-refractivity contribution in [2.45, 2.75) is 49.8 Å². The molecule has 3 heterocycles. The lowest BCUT2D eigenvalue weighted by molar-refractivity contribution is 0.0982.